The lowest BCUT2D eigenvalue weighted by atomic mass is 9.85. The van der Waals surface area contributed by atoms with Crippen molar-refractivity contribution in [3.8, 4) is 5.75 Å². The Labute approximate surface area is 186 Å². The molecule has 1 aliphatic carbocycles. The Bertz CT molecular complexity index is 997. The summed E-state index contributed by atoms with van der Waals surface area (Å²) in [4.78, 5) is 0. The van der Waals surface area contributed by atoms with E-state index in [0.717, 1.165) is 32.0 Å². The van der Waals surface area contributed by atoms with E-state index in [0.29, 0.717) is 36.2 Å². The van der Waals surface area contributed by atoms with Crippen molar-refractivity contribution in [1.82, 2.24) is 10.6 Å². The zero-order chi connectivity index (χ0) is 22.6. The number of ether oxygens (including phenoxy) is 2. The lowest BCUT2D eigenvalue weighted by molar-refractivity contribution is -0.281. The predicted molar refractivity (Wildman–Crippen MR) is 115 cm³/mol. The smallest absolute Gasteiger partial charge is 0.421 e. The zero-order valence-corrected chi connectivity index (χ0v) is 18.4. The number of alkyl halides is 3. The van der Waals surface area contributed by atoms with E-state index >= 15 is 0 Å². The lowest BCUT2D eigenvalue weighted by Crippen LogP contribution is -2.45. The molecule has 2 unspecified atom stereocenters. The van der Waals surface area contributed by atoms with Crippen molar-refractivity contribution in [2.75, 3.05) is 26.8 Å². The molecule has 32 heavy (non-hydrogen) atoms. The highest BCUT2D eigenvalue weighted by Gasteiger charge is 2.62. The van der Waals surface area contributed by atoms with E-state index in [1.165, 1.54) is 5.56 Å². The molecule has 7 heteroatoms. The van der Waals surface area contributed by atoms with Crippen molar-refractivity contribution < 1.29 is 22.6 Å². The maximum atomic E-state index is 13.9. The van der Waals surface area contributed by atoms with Crippen molar-refractivity contribution in [3.05, 3.63) is 64.7 Å². The number of rotatable bonds is 6. The predicted octanol–water partition coefficient (Wildman–Crippen LogP) is 4.49. The highest BCUT2D eigenvalue weighted by atomic mass is 19.4. The molecule has 2 aromatic rings. The molecule has 0 bridgehead atoms. The molecule has 0 aromatic heterocycles. The number of halogens is 3. The van der Waals surface area contributed by atoms with Crippen molar-refractivity contribution >= 4 is 0 Å². The van der Waals surface area contributed by atoms with Crippen LogP contribution in [-0.2, 0) is 23.3 Å². The van der Waals surface area contributed by atoms with E-state index < -0.39 is 11.8 Å². The number of piperidine rings is 1. The molecule has 2 aromatic carbocycles. The molecule has 1 saturated heterocycles. The normalized spacial score (nSPS) is 31.2. The first kappa shape index (κ1) is 21.7. The second kappa shape index (κ2) is 7.75. The molecule has 5 rings (SSSR count). The number of methoxy groups -OCH3 is 1. The highest BCUT2D eigenvalue weighted by molar-refractivity contribution is 5.47. The van der Waals surface area contributed by atoms with Gasteiger partial charge in [0.25, 0.3) is 0 Å². The summed E-state index contributed by atoms with van der Waals surface area (Å²) < 4.78 is 52.4. The third-order valence-electron chi connectivity index (χ3n) is 7.65. The van der Waals surface area contributed by atoms with E-state index in [4.69, 9.17) is 9.47 Å². The van der Waals surface area contributed by atoms with Crippen LogP contribution >= 0.6 is 0 Å². The van der Waals surface area contributed by atoms with E-state index in [9.17, 15) is 13.2 Å². The number of hydrogen-bond donors (Lipinski definition) is 2. The second-order valence-corrected chi connectivity index (χ2v) is 9.44. The monoisotopic (exact) mass is 446 g/mol. The Balaban J connectivity index is 1.36. The molecule has 0 spiro atoms. The summed E-state index contributed by atoms with van der Waals surface area (Å²) in [6.07, 6.45) is -2.88. The number of fused-ring (bicyclic) bond motifs is 2. The zero-order valence-electron chi connectivity index (χ0n) is 18.4. The van der Waals surface area contributed by atoms with E-state index in [1.54, 1.807) is 19.2 Å². The van der Waals surface area contributed by atoms with Gasteiger partial charge in [0.1, 0.15) is 5.75 Å². The maximum Gasteiger partial charge on any atom is 0.421 e. The first-order valence-electron chi connectivity index (χ1n) is 11.2. The standard InChI is InChI=1S/C25H29F3N2O2/c1-23(25(26,27)28)20-10-18(21(31-2)11-17(20)8-9-32-23)13-29-15-24-12-19(24)14-30-22(24)16-6-4-3-5-7-16/h3-7,10-11,19,22,29-30H,8-9,12-15H2,1-2H3/t19?,22-,23?,24-/m0/s1. The van der Waals surface area contributed by atoms with Gasteiger partial charge in [0, 0.05) is 30.1 Å². The van der Waals surface area contributed by atoms with Gasteiger partial charge < -0.3 is 20.1 Å². The molecule has 0 amide bonds. The molecule has 1 saturated carbocycles. The Morgan fingerprint density at radius 2 is 2.00 bits per heavy atom. The third kappa shape index (κ3) is 3.42. The van der Waals surface area contributed by atoms with Crippen LogP contribution in [0.25, 0.3) is 0 Å². The van der Waals surface area contributed by atoms with Gasteiger partial charge in [-0.2, -0.15) is 13.2 Å². The summed E-state index contributed by atoms with van der Waals surface area (Å²) >= 11 is 0. The van der Waals surface area contributed by atoms with Gasteiger partial charge in [-0.25, -0.2) is 0 Å². The van der Waals surface area contributed by atoms with E-state index in [1.807, 2.05) is 6.07 Å². The highest BCUT2D eigenvalue weighted by Crippen LogP contribution is 2.63. The molecular weight excluding hydrogens is 417 g/mol. The molecule has 0 radical (unpaired) electrons. The lowest BCUT2D eigenvalue weighted by Gasteiger charge is -2.38. The fourth-order valence-corrected chi connectivity index (χ4v) is 5.66. The minimum atomic E-state index is -4.49. The van der Waals surface area contributed by atoms with Crippen LogP contribution in [0.15, 0.2) is 42.5 Å². The minimum absolute atomic E-state index is 0.0432. The Morgan fingerprint density at radius 3 is 2.69 bits per heavy atom. The summed E-state index contributed by atoms with van der Waals surface area (Å²) in [5.41, 5.74) is 0.714. The van der Waals surface area contributed by atoms with Crippen LogP contribution in [0.1, 0.15) is 41.6 Å². The molecule has 3 aliphatic rings. The Hall–Kier alpha value is -2.09. The SMILES string of the molecule is COc1cc2c(cc1CNC[C@@]13CC1CN[C@H]3c1ccccc1)C(C)(C(F)(F)F)OCC2. The number of hydrogen-bond acceptors (Lipinski definition) is 4. The molecule has 172 valence electrons. The number of nitrogens with one attached hydrogen (secondary N) is 2. The third-order valence-corrected chi connectivity index (χ3v) is 7.65. The van der Waals surface area contributed by atoms with Gasteiger partial charge in [0.05, 0.1) is 13.7 Å². The topological polar surface area (TPSA) is 42.5 Å². The second-order valence-electron chi connectivity index (χ2n) is 9.44. The van der Waals surface area contributed by atoms with Crippen molar-refractivity contribution in [2.24, 2.45) is 11.3 Å². The van der Waals surface area contributed by atoms with Gasteiger partial charge in [-0.1, -0.05) is 30.3 Å². The van der Waals surface area contributed by atoms with Crippen LogP contribution in [0.4, 0.5) is 13.2 Å². The van der Waals surface area contributed by atoms with Gasteiger partial charge in [0.15, 0.2) is 5.60 Å². The van der Waals surface area contributed by atoms with Crippen molar-refractivity contribution in [3.63, 3.8) is 0 Å². The minimum Gasteiger partial charge on any atom is -0.496 e. The maximum absolute atomic E-state index is 13.9. The fourth-order valence-electron chi connectivity index (χ4n) is 5.66. The van der Waals surface area contributed by atoms with Gasteiger partial charge in [-0.05, 0) is 61.1 Å². The fraction of sp³-hybridized carbons (Fsp3) is 0.520. The first-order valence-corrected chi connectivity index (χ1v) is 11.2. The summed E-state index contributed by atoms with van der Waals surface area (Å²) in [7, 11) is 1.56. The average molecular weight is 447 g/mol. The van der Waals surface area contributed by atoms with Crippen LogP contribution in [0.2, 0.25) is 0 Å². The number of benzene rings is 2. The van der Waals surface area contributed by atoms with Crippen LogP contribution in [-0.4, -0.2) is 33.0 Å². The van der Waals surface area contributed by atoms with Crippen LogP contribution in [0.3, 0.4) is 0 Å². The summed E-state index contributed by atoms with van der Waals surface area (Å²) in [5, 5.41) is 7.18. The molecule has 4 atom stereocenters. The van der Waals surface area contributed by atoms with Crippen LogP contribution < -0.4 is 15.4 Å². The molecule has 2 aliphatic heterocycles. The van der Waals surface area contributed by atoms with Crippen LogP contribution in [0, 0.1) is 11.3 Å². The largest absolute Gasteiger partial charge is 0.496 e. The van der Waals surface area contributed by atoms with Crippen molar-refractivity contribution in [1.29, 1.82) is 0 Å². The first-order chi connectivity index (χ1) is 15.3. The summed E-state index contributed by atoms with van der Waals surface area (Å²) in [6.45, 7) is 3.42. The van der Waals surface area contributed by atoms with Gasteiger partial charge in [-0.3, -0.25) is 0 Å². The quantitative estimate of drug-likeness (QED) is 0.687. The van der Waals surface area contributed by atoms with E-state index in [2.05, 4.69) is 34.9 Å². The molecule has 4 nitrogen and oxygen atoms in total. The molecule has 2 heterocycles. The van der Waals surface area contributed by atoms with E-state index in [-0.39, 0.29) is 17.6 Å². The van der Waals surface area contributed by atoms with Crippen molar-refractivity contribution in [2.45, 2.75) is 44.1 Å². The van der Waals surface area contributed by atoms with Crippen LogP contribution in [0.5, 0.6) is 5.75 Å². The molecular formula is C25H29F3N2O2. The molecule has 2 N–H and O–H groups in total. The van der Waals surface area contributed by atoms with Gasteiger partial charge in [-0.15, -0.1) is 0 Å². The summed E-state index contributed by atoms with van der Waals surface area (Å²) in [5.74, 6) is 1.25. The van der Waals surface area contributed by atoms with Gasteiger partial charge >= 0.3 is 6.18 Å². The average Bonchev–Trinajstić information content (AvgIpc) is 3.36. The van der Waals surface area contributed by atoms with Gasteiger partial charge in [0.2, 0.25) is 0 Å². The summed E-state index contributed by atoms with van der Waals surface area (Å²) in [6, 6.07) is 14.1. The molecule has 2 fully saturated rings. The Kier molecular flexibility index (Phi) is 5.26. The Morgan fingerprint density at radius 1 is 1.22 bits per heavy atom.